The number of nitrogens with one attached hydrogen (secondary N) is 1. The minimum Gasteiger partial charge on any atom is -0.493 e. The maximum absolute atomic E-state index is 13.4. The molecule has 1 N–H and O–H groups in total. The van der Waals surface area contributed by atoms with Gasteiger partial charge < -0.3 is 9.47 Å². The number of benzene rings is 3. The van der Waals surface area contributed by atoms with E-state index in [9.17, 15) is 4.79 Å². The van der Waals surface area contributed by atoms with Gasteiger partial charge in [-0.2, -0.15) is 0 Å². The molecule has 0 unspecified atom stereocenters. The van der Waals surface area contributed by atoms with Gasteiger partial charge in [0.15, 0.2) is 16.6 Å². The average molecular weight is 496 g/mol. The van der Waals surface area contributed by atoms with Crippen LogP contribution in [0.1, 0.15) is 26.4 Å². The van der Waals surface area contributed by atoms with E-state index in [0.29, 0.717) is 27.9 Å². The average Bonchev–Trinajstić information content (AvgIpc) is 3.33. The van der Waals surface area contributed by atoms with E-state index in [1.54, 1.807) is 20.3 Å². The number of rotatable bonds is 7. The Bertz CT molecular complexity index is 1560. The molecule has 36 heavy (non-hydrogen) atoms. The van der Waals surface area contributed by atoms with Gasteiger partial charge in [-0.3, -0.25) is 10.1 Å². The fourth-order valence-corrected chi connectivity index (χ4v) is 4.98. The Labute approximate surface area is 213 Å². The van der Waals surface area contributed by atoms with Gasteiger partial charge in [0.05, 0.1) is 31.0 Å². The van der Waals surface area contributed by atoms with Crippen molar-refractivity contribution >= 4 is 33.3 Å². The molecule has 6 nitrogen and oxygen atoms in total. The Kier molecular flexibility index (Phi) is 6.64. The number of carbonyl (C=O) groups is 1. The van der Waals surface area contributed by atoms with Crippen molar-refractivity contribution in [2.24, 2.45) is 0 Å². The molecule has 0 saturated heterocycles. The van der Waals surface area contributed by atoms with Crippen LogP contribution in [0.5, 0.6) is 11.5 Å². The van der Waals surface area contributed by atoms with E-state index in [2.05, 4.69) is 41.5 Å². The molecule has 1 amide bonds. The highest BCUT2D eigenvalue weighted by atomic mass is 32.1. The maximum Gasteiger partial charge on any atom is 0.258 e. The number of anilines is 1. The van der Waals surface area contributed by atoms with Gasteiger partial charge >= 0.3 is 0 Å². The highest BCUT2D eigenvalue weighted by molar-refractivity contribution is 7.15. The zero-order valence-electron chi connectivity index (χ0n) is 20.2. The first-order valence-electron chi connectivity index (χ1n) is 11.5. The highest BCUT2D eigenvalue weighted by Crippen LogP contribution is 2.33. The fourth-order valence-electron chi connectivity index (χ4n) is 4.14. The van der Waals surface area contributed by atoms with Crippen molar-refractivity contribution in [1.82, 2.24) is 9.97 Å². The van der Waals surface area contributed by atoms with Gasteiger partial charge in [0.2, 0.25) is 0 Å². The summed E-state index contributed by atoms with van der Waals surface area (Å²) in [7, 11) is 3.19. The van der Waals surface area contributed by atoms with Gasteiger partial charge in [-0.1, -0.05) is 48.0 Å². The quantitative estimate of drug-likeness (QED) is 0.278. The van der Waals surface area contributed by atoms with Crippen LogP contribution < -0.4 is 14.8 Å². The Balaban J connectivity index is 1.45. The number of para-hydroxylation sites is 1. The van der Waals surface area contributed by atoms with Gasteiger partial charge in [-0.25, -0.2) is 9.97 Å². The topological polar surface area (TPSA) is 73.3 Å². The summed E-state index contributed by atoms with van der Waals surface area (Å²) in [6, 6.07) is 23.4. The van der Waals surface area contributed by atoms with E-state index >= 15 is 0 Å². The molecule has 0 aliphatic carbocycles. The molecule has 5 aromatic rings. The minimum absolute atomic E-state index is 0.230. The lowest BCUT2D eigenvalue weighted by Crippen LogP contribution is -2.13. The number of methoxy groups -OCH3 is 2. The number of nitrogens with zero attached hydrogens (tertiary/aromatic N) is 2. The normalized spacial score (nSPS) is 10.9. The van der Waals surface area contributed by atoms with Crippen LogP contribution in [0, 0.1) is 6.92 Å². The summed E-state index contributed by atoms with van der Waals surface area (Å²) in [5.41, 5.74) is 5.19. The second-order valence-corrected chi connectivity index (χ2v) is 9.51. The molecule has 0 saturated carbocycles. The van der Waals surface area contributed by atoms with Crippen LogP contribution in [0.15, 0.2) is 79.0 Å². The third kappa shape index (κ3) is 4.92. The van der Waals surface area contributed by atoms with Crippen molar-refractivity contribution in [3.8, 4) is 22.8 Å². The maximum atomic E-state index is 13.4. The summed E-state index contributed by atoms with van der Waals surface area (Å²) < 4.78 is 10.8. The number of ether oxygens (including phenoxy) is 2. The molecule has 2 heterocycles. The first-order valence-corrected chi connectivity index (χ1v) is 12.3. The molecule has 0 atom stereocenters. The summed E-state index contributed by atoms with van der Waals surface area (Å²) in [5.74, 6) is 0.997. The summed E-state index contributed by atoms with van der Waals surface area (Å²) in [6.07, 6.45) is 2.60. The molecular formula is C29H25N3O3S. The molecule has 180 valence electrons. The second-order valence-electron chi connectivity index (χ2n) is 8.39. The van der Waals surface area contributed by atoms with E-state index in [1.807, 2.05) is 48.7 Å². The number of amides is 1. The number of fused-ring (bicyclic) bond motifs is 1. The SMILES string of the molecule is COc1ccc(-c2cc(C(=O)Nc3ncc(Cc4cccc(C)c4)s3)c3ccccc3n2)cc1OC. The van der Waals surface area contributed by atoms with Crippen molar-refractivity contribution in [3.63, 3.8) is 0 Å². The summed E-state index contributed by atoms with van der Waals surface area (Å²) >= 11 is 1.48. The van der Waals surface area contributed by atoms with Crippen LogP contribution in [-0.4, -0.2) is 30.1 Å². The van der Waals surface area contributed by atoms with Crippen LogP contribution in [0.3, 0.4) is 0 Å². The predicted molar refractivity (Wildman–Crippen MR) is 144 cm³/mol. The van der Waals surface area contributed by atoms with Crippen molar-refractivity contribution in [3.05, 3.63) is 101 Å². The van der Waals surface area contributed by atoms with Gasteiger partial charge in [0.25, 0.3) is 5.91 Å². The monoisotopic (exact) mass is 495 g/mol. The van der Waals surface area contributed by atoms with Crippen molar-refractivity contribution in [2.45, 2.75) is 13.3 Å². The van der Waals surface area contributed by atoms with Gasteiger partial charge in [-0.15, -0.1) is 11.3 Å². The molecule has 0 fully saturated rings. The van der Waals surface area contributed by atoms with E-state index in [1.165, 1.54) is 22.5 Å². The van der Waals surface area contributed by atoms with Crippen LogP contribution in [-0.2, 0) is 6.42 Å². The number of carbonyl (C=O) groups excluding carboxylic acids is 1. The van der Waals surface area contributed by atoms with E-state index in [-0.39, 0.29) is 5.91 Å². The summed E-state index contributed by atoms with van der Waals surface area (Å²) in [5, 5.41) is 4.32. The number of thiazole rings is 1. The Hall–Kier alpha value is -4.23. The summed E-state index contributed by atoms with van der Waals surface area (Å²) in [4.78, 5) is 23.8. The Morgan fingerprint density at radius 2 is 1.78 bits per heavy atom. The second kappa shape index (κ2) is 10.2. The first-order chi connectivity index (χ1) is 17.5. The number of hydrogen-bond donors (Lipinski definition) is 1. The fraction of sp³-hybridized carbons (Fsp3) is 0.138. The third-order valence-corrected chi connectivity index (χ3v) is 6.79. The Morgan fingerprint density at radius 3 is 2.58 bits per heavy atom. The zero-order valence-corrected chi connectivity index (χ0v) is 21.1. The third-order valence-electron chi connectivity index (χ3n) is 5.87. The van der Waals surface area contributed by atoms with Crippen molar-refractivity contribution in [2.75, 3.05) is 19.5 Å². The van der Waals surface area contributed by atoms with Crippen LogP contribution in [0.2, 0.25) is 0 Å². The van der Waals surface area contributed by atoms with Gasteiger partial charge in [0, 0.05) is 28.4 Å². The Morgan fingerprint density at radius 1 is 0.944 bits per heavy atom. The molecule has 5 rings (SSSR count). The number of aryl methyl sites for hydroxylation is 1. The lowest BCUT2D eigenvalue weighted by molar-refractivity contribution is 0.102. The summed E-state index contributed by atoms with van der Waals surface area (Å²) in [6.45, 7) is 2.08. The van der Waals surface area contributed by atoms with Gasteiger partial charge in [0.1, 0.15) is 0 Å². The minimum atomic E-state index is -0.230. The molecular weight excluding hydrogens is 470 g/mol. The molecule has 7 heteroatoms. The van der Waals surface area contributed by atoms with Crippen LogP contribution in [0.4, 0.5) is 5.13 Å². The van der Waals surface area contributed by atoms with E-state index in [4.69, 9.17) is 14.5 Å². The number of aromatic nitrogens is 2. The molecule has 0 aliphatic heterocycles. The zero-order chi connectivity index (χ0) is 25.1. The van der Waals surface area contributed by atoms with Crippen LogP contribution >= 0.6 is 11.3 Å². The molecule has 0 radical (unpaired) electrons. The lowest BCUT2D eigenvalue weighted by atomic mass is 10.0. The highest BCUT2D eigenvalue weighted by Gasteiger charge is 2.17. The van der Waals surface area contributed by atoms with Gasteiger partial charge in [-0.05, 0) is 42.8 Å². The largest absolute Gasteiger partial charge is 0.493 e. The molecule has 3 aromatic carbocycles. The predicted octanol–water partition coefficient (Wildman–Crippen LogP) is 6.53. The lowest BCUT2D eigenvalue weighted by Gasteiger charge is -2.12. The van der Waals surface area contributed by atoms with Crippen LogP contribution in [0.25, 0.3) is 22.2 Å². The molecule has 0 spiro atoms. The van der Waals surface area contributed by atoms with E-state index in [0.717, 1.165) is 27.8 Å². The standard InChI is InChI=1S/C29H25N3O3S/c1-18-7-6-8-19(13-18)14-21-17-30-29(36-21)32-28(33)23-16-25(31-24-10-5-4-9-22(23)24)20-11-12-26(34-2)27(15-20)35-3/h4-13,15-17H,14H2,1-3H3,(H,30,32,33). The molecule has 0 aliphatic rings. The molecule has 0 bridgehead atoms. The number of hydrogen-bond acceptors (Lipinski definition) is 6. The smallest absolute Gasteiger partial charge is 0.258 e. The van der Waals surface area contributed by atoms with Crippen molar-refractivity contribution in [1.29, 1.82) is 0 Å². The number of pyridine rings is 1. The van der Waals surface area contributed by atoms with Crippen molar-refractivity contribution < 1.29 is 14.3 Å². The molecule has 2 aromatic heterocycles. The first kappa shape index (κ1) is 23.5. The van der Waals surface area contributed by atoms with E-state index < -0.39 is 0 Å².